The average Bonchev–Trinajstić information content (AvgIpc) is 2.90. The summed E-state index contributed by atoms with van der Waals surface area (Å²) < 4.78 is 2.03. The van der Waals surface area contributed by atoms with Gasteiger partial charge in [0.05, 0.1) is 11.0 Å². The number of piperazine rings is 1. The minimum atomic E-state index is 0.689. The summed E-state index contributed by atoms with van der Waals surface area (Å²) in [4.78, 5) is 7.06. The van der Waals surface area contributed by atoms with Gasteiger partial charge in [0.1, 0.15) is 5.82 Å². The van der Waals surface area contributed by atoms with E-state index in [1.54, 1.807) is 0 Å². The first-order valence-electron chi connectivity index (χ1n) is 7.01. The van der Waals surface area contributed by atoms with Crippen LogP contribution >= 0.6 is 11.6 Å². The zero-order valence-electron chi connectivity index (χ0n) is 11.7. The van der Waals surface area contributed by atoms with E-state index in [-0.39, 0.29) is 0 Å². The second-order valence-electron chi connectivity index (χ2n) is 5.21. The van der Waals surface area contributed by atoms with Crippen LogP contribution in [0.15, 0.2) is 18.2 Å². The molecule has 0 saturated carbocycles. The van der Waals surface area contributed by atoms with Crippen molar-refractivity contribution in [2.24, 2.45) is 0 Å². The lowest BCUT2D eigenvalue weighted by atomic mass is 10.3. The van der Waals surface area contributed by atoms with Crippen LogP contribution in [0.25, 0.3) is 16.7 Å². The van der Waals surface area contributed by atoms with E-state index in [1.807, 2.05) is 29.5 Å². The highest BCUT2D eigenvalue weighted by Crippen LogP contribution is 2.26. The number of aromatic nitrogens is 4. The summed E-state index contributed by atoms with van der Waals surface area (Å²) in [6, 6.07) is 5.72. The Morgan fingerprint density at radius 2 is 2.00 bits per heavy atom. The van der Waals surface area contributed by atoms with Crippen molar-refractivity contribution >= 4 is 34.1 Å². The Morgan fingerprint density at radius 1 is 1.19 bits per heavy atom. The molecule has 1 N–H and O–H groups in total. The van der Waals surface area contributed by atoms with Crippen molar-refractivity contribution in [3.63, 3.8) is 0 Å². The van der Waals surface area contributed by atoms with Gasteiger partial charge in [-0.3, -0.25) is 4.40 Å². The molecule has 0 spiro atoms. The summed E-state index contributed by atoms with van der Waals surface area (Å²) in [7, 11) is 0. The van der Waals surface area contributed by atoms with Gasteiger partial charge >= 0.3 is 0 Å². The lowest BCUT2D eigenvalue weighted by Gasteiger charge is -2.28. The molecule has 0 unspecified atom stereocenters. The molecule has 2 aromatic heterocycles. The fourth-order valence-electron chi connectivity index (χ4n) is 2.82. The summed E-state index contributed by atoms with van der Waals surface area (Å²) in [5.41, 5.74) is 2.64. The highest BCUT2D eigenvalue weighted by Gasteiger charge is 2.19. The number of halogens is 1. The van der Waals surface area contributed by atoms with Gasteiger partial charge in [0.2, 0.25) is 5.65 Å². The third-order valence-corrected chi connectivity index (χ3v) is 4.08. The summed E-state index contributed by atoms with van der Waals surface area (Å²) in [6.07, 6.45) is 0. The first-order chi connectivity index (χ1) is 10.2. The first kappa shape index (κ1) is 12.8. The van der Waals surface area contributed by atoms with Gasteiger partial charge < -0.3 is 10.2 Å². The van der Waals surface area contributed by atoms with Crippen LogP contribution in [0.2, 0.25) is 5.02 Å². The van der Waals surface area contributed by atoms with E-state index in [1.165, 1.54) is 0 Å². The molecular weight excluding hydrogens is 288 g/mol. The van der Waals surface area contributed by atoms with Crippen LogP contribution in [0.1, 0.15) is 5.82 Å². The summed E-state index contributed by atoms with van der Waals surface area (Å²) in [6.45, 7) is 5.71. The maximum absolute atomic E-state index is 6.13. The Kier molecular flexibility index (Phi) is 2.94. The Labute approximate surface area is 126 Å². The smallest absolute Gasteiger partial charge is 0.204 e. The molecular formula is C14H15ClN6. The maximum atomic E-state index is 6.13. The summed E-state index contributed by atoms with van der Waals surface area (Å²) >= 11 is 6.13. The lowest BCUT2D eigenvalue weighted by molar-refractivity contribution is 0.586. The van der Waals surface area contributed by atoms with Crippen molar-refractivity contribution < 1.29 is 0 Å². The van der Waals surface area contributed by atoms with Crippen molar-refractivity contribution in [1.29, 1.82) is 0 Å². The number of benzene rings is 1. The molecule has 0 amide bonds. The monoisotopic (exact) mass is 302 g/mol. The predicted molar refractivity (Wildman–Crippen MR) is 83.1 cm³/mol. The fourth-order valence-corrected chi connectivity index (χ4v) is 2.98. The lowest BCUT2D eigenvalue weighted by Crippen LogP contribution is -2.44. The van der Waals surface area contributed by atoms with E-state index in [4.69, 9.17) is 16.6 Å². The van der Waals surface area contributed by atoms with Crippen molar-refractivity contribution in [2.45, 2.75) is 6.92 Å². The molecule has 7 heteroatoms. The SMILES string of the molecule is Cc1nnc2c(N3CCNCC3)nc3ccc(Cl)cc3n12. The number of fused-ring (bicyclic) bond motifs is 3. The normalized spacial score (nSPS) is 16.0. The minimum absolute atomic E-state index is 0.689. The van der Waals surface area contributed by atoms with Crippen LogP contribution in [0.4, 0.5) is 5.82 Å². The number of hydrogen-bond acceptors (Lipinski definition) is 5. The standard InChI is InChI=1S/C14H15ClN6/c1-9-18-19-14-13(20-6-4-16-5-7-20)17-11-3-2-10(15)8-12(11)21(9)14/h2-3,8,16H,4-7H2,1H3. The Morgan fingerprint density at radius 3 is 2.81 bits per heavy atom. The molecule has 3 aromatic rings. The molecule has 21 heavy (non-hydrogen) atoms. The molecule has 1 aromatic carbocycles. The highest BCUT2D eigenvalue weighted by molar-refractivity contribution is 6.31. The molecule has 1 aliphatic rings. The zero-order valence-corrected chi connectivity index (χ0v) is 12.4. The Bertz CT molecular complexity index is 821. The molecule has 108 valence electrons. The number of anilines is 1. The fraction of sp³-hybridized carbons (Fsp3) is 0.357. The Hall–Kier alpha value is -1.92. The molecule has 0 atom stereocenters. The van der Waals surface area contributed by atoms with Crippen molar-refractivity contribution in [3.05, 3.63) is 29.0 Å². The van der Waals surface area contributed by atoms with Gasteiger partial charge in [-0.25, -0.2) is 4.98 Å². The van der Waals surface area contributed by atoms with E-state index in [2.05, 4.69) is 20.4 Å². The van der Waals surface area contributed by atoms with Crippen molar-refractivity contribution in [1.82, 2.24) is 24.9 Å². The number of hydrogen-bond donors (Lipinski definition) is 1. The number of nitrogens with zero attached hydrogens (tertiary/aromatic N) is 5. The molecule has 0 radical (unpaired) electrons. The van der Waals surface area contributed by atoms with Gasteiger partial charge in [-0.1, -0.05) is 11.6 Å². The second-order valence-corrected chi connectivity index (χ2v) is 5.65. The van der Waals surface area contributed by atoms with E-state index < -0.39 is 0 Å². The molecule has 6 nitrogen and oxygen atoms in total. The molecule has 4 rings (SSSR count). The molecule has 0 aliphatic carbocycles. The largest absolute Gasteiger partial charge is 0.351 e. The summed E-state index contributed by atoms with van der Waals surface area (Å²) in [5, 5.41) is 12.6. The minimum Gasteiger partial charge on any atom is -0.351 e. The second kappa shape index (κ2) is 4.82. The molecule has 1 fully saturated rings. The highest BCUT2D eigenvalue weighted by atomic mass is 35.5. The average molecular weight is 303 g/mol. The third kappa shape index (κ3) is 2.02. The molecule has 0 bridgehead atoms. The van der Waals surface area contributed by atoms with Crippen LogP contribution in [0.5, 0.6) is 0 Å². The van der Waals surface area contributed by atoms with Crippen LogP contribution in [-0.2, 0) is 0 Å². The molecule has 1 saturated heterocycles. The van der Waals surface area contributed by atoms with Crippen LogP contribution in [0, 0.1) is 6.92 Å². The van der Waals surface area contributed by atoms with Crippen LogP contribution in [-0.4, -0.2) is 45.8 Å². The number of aryl methyl sites for hydroxylation is 1. The number of nitrogens with one attached hydrogen (secondary N) is 1. The van der Waals surface area contributed by atoms with Crippen molar-refractivity contribution in [2.75, 3.05) is 31.1 Å². The Balaban J connectivity index is 2.03. The van der Waals surface area contributed by atoms with Gasteiger partial charge in [0.15, 0.2) is 5.82 Å². The first-order valence-corrected chi connectivity index (χ1v) is 7.38. The van der Waals surface area contributed by atoms with Crippen molar-refractivity contribution in [3.8, 4) is 0 Å². The van der Waals surface area contributed by atoms with Crippen LogP contribution < -0.4 is 10.2 Å². The topological polar surface area (TPSA) is 58.4 Å². The van der Waals surface area contributed by atoms with Gasteiger partial charge in [0, 0.05) is 31.2 Å². The summed E-state index contributed by atoms with van der Waals surface area (Å²) in [5.74, 6) is 1.74. The van der Waals surface area contributed by atoms with Gasteiger partial charge in [-0.05, 0) is 25.1 Å². The van der Waals surface area contributed by atoms with E-state index in [9.17, 15) is 0 Å². The van der Waals surface area contributed by atoms with E-state index in [0.717, 1.165) is 54.5 Å². The van der Waals surface area contributed by atoms with Gasteiger partial charge in [-0.15, -0.1) is 10.2 Å². The maximum Gasteiger partial charge on any atom is 0.204 e. The van der Waals surface area contributed by atoms with Crippen LogP contribution in [0.3, 0.4) is 0 Å². The molecule has 1 aliphatic heterocycles. The predicted octanol–water partition coefficient (Wildman–Crippen LogP) is 1.65. The van der Waals surface area contributed by atoms with Gasteiger partial charge in [0.25, 0.3) is 0 Å². The third-order valence-electron chi connectivity index (χ3n) is 3.85. The quantitative estimate of drug-likeness (QED) is 0.741. The number of rotatable bonds is 1. The van der Waals surface area contributed by atoms with E-state index in [0.29, 0.717) is 5.02 Å². The van der Waals surface area contributed by atoms with Gasteiger partial charge in [-0.2, -0.15) is 0 Å². The van der Waals surface area contributed by atoms with E-state index >= 15 is 0 Å². The molecule has 3 heterocycles. The zero-order chi connectivity index (χ0) is 14.4.